The number of allylic oxidation sites excluding steroid dienone is 1. The van der Waals surface area contributed by atoms with Crippen molar-refractivity contribution < 1.29 is 0 Å². The van der Waals surface area contributed by atoms with E-state index in [4.69, 9.17) is 5.73 Å². The molecule has 4 rings (SSSR count). The van der Waals surface area contributed by atoms with Crippen LogP contribution in [-0.4, -0.2) is 19.5 Å². The van der Waals surface area contributed by atoms with Crippen LogP contribution in [0.5, 0.6) is 0 Å². The number of nitrogen functional groups attached to an aromatic ring is 1. The Morgan fingerprint density at radius 2 is 2.07 bits per heavy atom. The number of benzene rings is 1. The number of anilines is 1. The fourth-order valence-electron chi connectivity index (χ4n) is 3.29. The average molecular weight is 422 g/mol. The highest BCUT2D eigenvalue weighted by Gasteiger charge is 2.21. The molecule has 27 heavy (non-hydrogen) atoms. The summed E-state index contributed by atoms with van der Waals surface area (Å²) < 4.78 is 3.09. The van der Waals surface area contributed by atoms with E-state index in [0.29, 0.717) is 11.7 Å². The van der Waals surface area contributed by atoms with Crippen LogP contribution in [0.3, 0.4) is 0 Å². The molecular weight excluding hydrogens is 402 g/mol. The van der Waals surface area contributed by atoms with Gasteiger partial charge in [0.05, 0.1) is 15.5 Å². The number of aromatic nitrogens is 4. The maximum atomic E-state index is 6.25. The monoisotopic (exact) mass is 421 g/mol. The Morgan fingerprint density at radius 3 is 2.89 bits per heavy atom. The van der Waals surface area contributed by atoms with Crippen LogP contribution in [0.4, 0.5) is 5.82 Å². The van der Waals surface area contributed by atoms with Gasteiger partial charge in [-0.05, 0) is 40.4 Å². The zero-order valence-corrected chi connectivity index (χ0v) is 16.6. The number of rotatable bonds is 5. The Balaban J connectivity index is 1.93. The lowest BCUT2D eigenvalue weighted by Gasteiger charge is -2.09. The summed E-state index contributed by atoms with van der Waals surface area (Å²) in [6.45, 7) is 6.84. The van der Waals surface area contributed by atoms with Gasteiger partial charge in [0.1, 0.15) is 17.8 Å². The van der Waals surface area contributed by atoms with Crippen LogP contribution in [0.2, 0.25) is 0 Å². The lowest BCUT2D eigenvalue weighted by molar-refractivity contribution is 0.559. The third-order valence-electron chi connectivity index (χ3n) is 4.90. The van der Waals surface area contributed by atoms with Crippen LogP contribution in [0, 0.1) is 5.92 Å². The molecule has 1 atom stereocenters. The van der Waals surface area contributed by atoms with Crippen LogP contribution in [0.1, 0.15) is 13.3 Å². The van der Waals surface area contributed by atoms with Crippen LogP contribution < -0.4 is 5.73 Å². The lowest BCUT2D eigenvalue weighted by Crippen LogP contribution is -2.03. The minimum absolute atomic E-state index is 0.416. The highest BCUT2D eigenvalue weighted by Crippen LogP contribution is 2.40. The number of hydrogen-bond acceptors (Lipinski definition) is 4. The first-order chi connectivity index (χ1) is 13.1. The molecule has 0 unspecified atom stereocenters. The third-order valence-corrected chi connectivity index (χ3v) is 5.72. The number of para-hydroxylation sites is 1. The van der Waals surface area contributed by atoms with E-state index in [0.717, 1.165) is 50.6 Å². The number of pyridine rings is 1. The first-order valence-corrected chi connectivity index (χ1v) is 9.65. The molecule has 4 aromatic rings. The molecule has 3 heterocycles. The van der Waals surface area contributed by atoms with E-state index in [1.165, 1.54) is 6.33 Å². The number of hydrogen-bond donors (Lipinski definition) is 1. The Bertz CT molecular complexity index is 1150. The van der Waals surface area contributed by atoms with Crippen molar-refractivity contribution in [2.45, 2.75) is 19.9 Å². The van der Waals surface area contributed by atoms with Gasteiger partial charge in [0.15, 0.2) is 0 Å². The first kappa shape index (κ1) is 17.7. The number of aryl methyl sites for hydroxylation is 1. The summed E-state index contributed by atoms with van der Waals surface area (Å²) in [7, 11) is 0. The Morgan fingerprint density at radius 1 is 1.26 bits per heavy atom. The third kappa shape index (κ3) is 3.10. The number of fused-ring (bicyclic) bond motifs is 2. The molecule has 0 aliphatic carbocycles. The molecule has 0 saturated carbocycles. The molecular formula is C21H20BrN5. The molecule has 0 amide bonds. The van der Waals surface area contributed by atoms with Crippen molar-refractivity contribution in [1.82, 2.24) is 19.5 Å². The maximum Gasteiger partial charge on any atom is 0.147 e. The van der Waals surface area contributed by atoms with Crippen molar-refractivity contribution in [2.24, 2.45) is 5.92 Å². The van der Waals surface area contributed by atoms with E-state index in [-0.39, 0.29) is 0 Å². The van der Waals surface area contributed by atoms with Crippen molar-refractivity contribution in [2.75, 3.05) is 5.73 Å². The van der Waals surface area contributed by atoms with Gasteiger partial charge in [-0.2, -0.15) is 0 Å². The maximum absolute atomic E-state index is 6.25. The van der Waals surface area contributed by atoms with Gasteiger partial charge in [-0.3, -0.25) is 4.98 Å². The molecule has 1 aromatic carbocycles. The molecule has 2 N–H and O–H groups in total. The van der Waals surface area contributed by atoms with Crippen LogP contribution in [0.15, 0.2) is 60.1 Å². The molecule has 3 aromatic heterocycles. The van der Waals surface area contributed by atoms with Crippen LogP contribution in [-0.2, 0) is 6.54 Å². The summed E-state index contributed by atoms with van der Waals surface area (Å²) in [5, 5.41) is 1.94. The highest BCUT2D eigenvalue weighted by molar-refractivity contribution is 9.10. The molecule has 6 heteroatoms. The largest absolute Gasteiger partial charge is 0.383 e. The normalized spacial score (nSPS) is 12.5. The fraction of sp³-hybridized carbons (Fsp3) is 0.190. The summed E-state index contributed by atoms with van der Waals surface area (Å²) in [6, 6.07) is 10.2. The highest BCUT2D eigenvalue weighted by atomic mass is 79.9. The van der Waals surface area contributed by atoms with Crippen LogP contribution in [0.25, 0.3) is 33.1 Å². The lowest BCUT2D eigenvalue weighted by atomic mass is 10.1. The van der Waals surface area contributed by atoms with Gasteiger partial charge >= 0.3 is 0 Å². The van der Waals surface area contributed by atoms with Gasteiger partial charge in [0.25, 0.3) is 0 Å². The molecule has 0 aliphatic heterocycles. The Hall–Kier alpha value is -2.73. The zero-order chi connectivity index (χ0) is 19.0. The summed E-state index contributed by atoms with van der Waals surface area (Å²) >= 11 is 3.79. The molecule has 0 aliphatic rings. The van der Waals surface area contributed by atoms with Gasteiger partial charge in [0, 0.05) is 29.3 Å². The fourth-order valence-corrected chi connectivity index (χ4v) is 4.06. The average Bonchev–Trinajstić information content (AvgIpc) is 2.98. The van der Waals surface area contributed by atoms with Gasteiger partial charge in [-0.15, -0.1) is 6.58 Å². The zero-order valence-electron chi connectivity index (χ0n) is 15.1. The minimum Gasteiger partial charge on any atom is -0.383 e. The molecule has 0 saturated heterocycles. The molecule has 0 fully saturated rings. The van der Waals surface area contributed by atoms with Gasteiger partial charge in [-0.25, -0.2) is 9.97 Å². The molecule has 5 nitrogen and oxygen atoms in total. The van der Waals surface area contributed by atoms with E-state index >= 15 is 0 Å². The Labute approximate surface area is 166 Å². The second-order valence-corrected chi connectivity index (χ2v) is 7.44. The van der Waals surface area contributed by atoms with E-state index in [9.17, 15) is 0 Å². The topological polar surface area (TPSA) is 69.6 Å². The number of nitrogens with two attached hydrogens (primary N) is 1. The smallest absolute Gasteiger partial charge is 0.147 e. The second kappa shape index (κ2) is 7.12. The second-order valence-electron chi connectivity index (χ2n) is 6.69. The van der Waals surface area contributed by atoms with Crippen molar-refractivity contribution in [3.8, 4) is 11.1 Å². The SMILES string of the molecule is C=C[C@H](C)CCn1c(Br)c(-c2cnc3ccccc3c2)c2c(N)ncnc21. The quantitative estimate of drug-likeness (QED) is 0.449. The van der Waals surface area contributed by atoms with Crippen LogP contribution >= 0.6 is 15.9 Å². The summed E-state index contributed by atoms with van der Waals surface area (Å²) in [5.41, 5.74) is 10.0. The van der Waals surface area contributed by atoms with Gasteiger partial charge in [-0.1, -0.05) is 31.2 Å². The summed E-state index contributed by atoms with van der Waals surface area (Å²) in [6.07, 6.45) is 6.33. The molecule has 0 radical (unpaired) electrons. The standard InChI is InChI=1S/C21H20BrN5/c1-3-13(2)8-9-27-19(22)17(18-20(23)25-12-26-21(18)27)15-10-14-6-4-5-7-16(14)24-11-15/h3-7,10-13H,1,8-9H2,2H3,(H2,23,25,26)/t13-/m0/s1. The minimum atomic E-state index is 0.416. The molecule has 0 bridgehead atoms. The van der Waals surface area contributed by atoms with Crippen molar-refractivity contribution in [3.63, 3.8) is 0 Å². The van der Waals surface area contributed by atoms with E-state index in [2.05, 4.69) is 61.1 Å². The van der Waals surface area contributed by atoms with E-state index < -0.39 is 0 Å². The predicted octanol–water partition coefficient (Wildman–Crippen LogP) is 5.20. The molecule has 136 valence electrons. The van der Waals surface area contributed by atoms with Gasteiger partial charge in [0.2, 0.25) is 0 Å². The molecule has 0 spiro atoms. The van der Waals surface area contributed by atoms with E-state index in [1.54, 1.807) is 0 Å². The predicted molar refractivity (Wildman–Crippen MR) is 114 cm³/mol. The number of nitrogens with zero attached hydrogens (tertiary/aromatic N) is 4. The summed E-state index contributed by atoms with van der Waals surface area (Å²) in [4.78, 5) is 13.3. The summed E-state index contributed by atoms with van der Waals surface area (Å²) in [5.74, 6) is 0.888. The van der Waals surface area contributed by atoms with Crippen molar-refractivity contribution >= 4 is 43.7 Å². The van der Waals surface area contributed by atoms with Gasteiger partial charge < -0.3 is 10.3 Å². The first-order valence-electron chi connectivity index (χ1n) is 8.86. The number of halogens is 1. The van der Waals surface area contributed by atoms with E-state index in [1.807, 2.05) is 30.5 Å². The Kier molecular flexibility index (Phi) is 4.66. The van der Waals surface area contributed by atoms with Crippen molar-refractivity contribution in [3.05, 3.63) is 60.1 Å². The van der Waals surface area contributed by atoms with Crippen molar-refractivity contribution in [1.29, 1.82) is 0 Å².